The molecule has 0 bridgehead atoms. The SMILES string of the molecule is CCCCc1nc(Cl)c(CN2CCCC[C@@H]2C(=O)NC)[nH]1. The molecule has 2 N–H and O–H groups in total. The molecule has 1 fully saturated rings. The molecule has 0 saturated carbocycles. The Bertz CT molecular complexity index is 474. The summed E-state index contributed by atoms with van der Waals surface area (Å²) >= 11 is 6.23. The molecule has 21 heavy (non-hydrogen) atoms. The minimum atomic E-state index is -0.0535. The van der Waals surface area contributed by atoms with Crippen molar-refractivity contribution in [3.63, 3.8) is 0 Å². The highest BCUT2D eigenvalue weighted by Crippen LogP contribution is 2.22. The van der Waals surface area contributed by atoms with Gasteiger partial charge < -0.3 is 10.3 Å². The van der Waals surface area contributed by atoms with Gasteiger partial charge in [-0.05, 0) is 25.8 Å². The molecule has 1 aromatic rings. The van der Waals surface area contributed by atoms with Crippen LogP contribution in [-0.2, 0) is 17.8 Å². The van der Waals surface area contributed by atoms with Crippen molar-refractivity contribution in [3.8, 4) is 0 Å². The lowest BCUT2D eigenvalue weighted by molar-refractivity contribution is -0.127. The number of rotatable bonds is 6. The number of nitrogens with zero attached hydrogens (tertiary/aromatic N) is 2. The van der Waals surface area contributed by atoms with Crippen molar-refractivity contribution >= 4 is 17.5 Å². The van der Waals surface area contributed by atoms with Crippen LogP contribution in [0.15, 0.2) is 0 Å². The Morgan fingerprint density at radius 3 is 3.05 bits per heavy atom. The summed E-state index contributed by atoms with van der Waals surface area (Å²) in [5.74, 6) is 1.04. The average Bonchev–Trinajstić information content (AvgIpc) is 2.85. The normalized spacial score (nSPS) is 19.7. The zero-order chi connectivity index (χ0) is 15.2. The first-order valence-electron chi connectivity index (χ1n) is 7.84. The molecule has 1 aliphatic rings. The monoisotopic (exact) mass is 312 g/mol. The van der Waals surface area contributed by atoms with E-state index < -0.39 is 0 Å². The first-order chi connectivity index (χ1) is 10.2. The first kappa shape index (κ1) is 16.3. The molecule has 0 radical (unpaired) electrons. The molecule has 118 valence electrons. The van der Waals surface area contributed by atoms with Crippen molar-refractivity contribution in [2.75, 3.05) is 13.6 Å². The standard InChI is InChI=1S/C15H25ClN4O/c1-3-4-8-13-18-11(14(16)19-13)10-20-9-6-5-7-12(20)15(21)17-2/h12H,3-10H2,1-2H3,(H,17,21)(H,18,19)/t12-/m1/s1. The molecule has 6 heteroatoms. The molecule has 1 saturated heterocycles. The lowest BCUT2D eigenvalue weighted by Crippen LogP contribution is -2.48. The van der Waals surface area contributed by atoms with Gasteiger partial charge in [0.2, 0.25) is 5.91 Å². The van der Waals surface area contributed by atoms with Crippen LogP contribution < -0.4 is 5.32 Å². The second-order valence-corrected chi connectivity index (χ2v) is 6.01. The van der Waals surface area contributed by atoms with Crippen LogP contribution in [0, 0.1) is 0 Å². The van der Waals surface area contributed by atoms with Crippen LogP contribution in [0.5, 0.6) is 0 Å². The largest absolute Gasteiger partial charge is 0.358 e. The second-order valence-electron chi connectivity index (χ2n) is 5.65. The van der Waals surface area contributed by atoms with Crippen molar-refractivity contribution in [1.29, 1.82) is 0 Å². The number of H-pyrrole nitrogens is 1. The Morgan fingerprint density at radius 1 is 1.52 bits per heavy atom. The molecule has 0 unspecified atom stereocenters. The predicted octanol–water partition coefficient (Wildman–Crippen LogP) is 2.51. The quantitative estimate of drug-likeness (QED) is 0.848. The van der Waals surface area contributed by atoms with E-state index in [0.29, 0.717) is 11.7 Å². The van der Waals surface area contributed by atoms with Crippen molar-refractivity contribution in [2.24, 2.45) is 0 Å². The number of hydrogen-bond acceptors (Lipinski definition) is 3. The Labute approximate surface area is 131 Å². The molecule has 5 nitrogen and oxygen atoms in total. The number of carbonyl (C=O) groups is 1. The summed E-state index contributed by atoms with van der Waals surface area (Å²) in [5, 5.41) is 3.30. The molecular weight excluding hydrogens is 288 g/mol. The van der Waals surface area contributed by atoms with Crippen LogP contribution in [0.2, 0.25) is 5.15 Å². The van der Waals surface area contributed by atoms with Crippen LogP contribution >= 0.6 is 11.6 Å². The smallest absolute Gasteiger partial charge is 0.237 e. The van der Waals surface area contributed by atoms with Gasteiger partial charge in [0.25, 0.3) is 0 Å². The van der Waals surface area contributed by atoms with E-state index in [9.17, 15) is 4.79 Å². The maximum absolute atomic E-state index is 12.0. The number of amides is 1. The van der Waals surface area contributed by atoms with Gasteiger partial charge in [0.1, 0.15) is 5.82 Å². The molecule has 1 aromatic heterocycles. The number of aromatic nitrogens is 2. The topological polar surface area (TPSA) is 61.0 Å². The predicted molar refractivity (Wildman–Crippen MR) is 84.3 cm³/mol. The highest BCUT2D eigenvalue weighted by molar-refractivity contribution is 6.30. The number of hydrogen-bond donors (Lipinski definition) is 2. The molecule has 2 rings (SSSR count). The van der Waals surface area contributed by atoms with E-state index in [1.54, 1.807) is 7.05 Å². The third-order valence-electron chi connectivity index (χ3n) is 4.07. The summed E-state index contributed by atoms with van der Waals surface area (Å²) in [6, 6.07) is -0.0535. The fourth-order valence-corrected chi connectivity index (χ4v) is 3.06. The van der Waals surface area contributed by atoms with Gasteiger partial charge in [-0.2, -0.15) is 0 Å². The van der Waals surface area contributed by atoms with Gasteiger partial charge in [0.15, 0.2) is 5.15 Å². The van der Waals surface area contributed by atoms with Crippen LogP contribution in [0.25, 0.3) is 0 Å². The zero-order valence-corrected chi connectivity index (χ0v) is 13.7. The summed E-state index contributed by atoms with van der Waals surface area (Å²) in [6.07, 6.45) is 6.31. The molecule has 1 amide bonds. The Kier molecular flexibility index (Phi) is 6.06. The lowest BCUT2D eigenvalue weighted by Gasteiger charge is -2.33. The summed E-state index contributed by atoms with van der Waals surface area (Å²) < 4.78 is 0. The summed E-state index contributed by atoms with van der Waals surface area (Å²) in [4.78, 5) is 21.9. The van der Waals surface area contributed by atoms with Gasteiger partial charge in [0.05, 0.1) is 11.7 Å². The minimum Gasteiger partial charge on any atom is -0.358 e. The fourth-order valence-electron chi connectivity index (χ4n) is 2.85. The van der Waals surface area contributed by atoms with Gasteiger partial charge in [-0.25, -0.2) is 4.98 Å². The zero-order valence-electron chi connectivity index (χ0n) is 12.9. The van der Waals surface area contributed by atoms with Crippen LogP contribution in [0.1, 0.15) is 50.5 Å². The Balaban J connectivity index is 2.04. The van der Waals surface area contributed by atoms with E-state index in [1.807, 2.05) is 0 Å². The minimum absolute atomic E-state index is 0.0535. The van der Waals surface area contributed by atoms with Gasteiger partial charge in [-0.3, -0.25) is 9.69 Å². The number of aryl methyl sites for hydroxylation is 1. The highest BCUT2D eigenvalue weighted by atomic mass is 35.5. The number of nitrogens with one attached hydrogen (secondary N) is 2. The van der Waals surface area contributed by atoms with Gasteiger partial charge >= 0.3 is 0 Å². The van der Waals surface area contributed by atoms with Crippen LogP contribution in [-0.4, -0.2) is 40.4 Å². The van der Waals surface area contributed by atoms with Crippen molar-refractivity contribution < 1.29 is 4.79 Å². The van der Waals surface area contributed by atoms with Gasteiger partial charge in [-0.1, -0.05) is 31.4 Å². The summed E-state index contributed by atoms with van der Waals surface area (Å²) in [7, 11) is 1.70. The number of unbranched alkanes of at least 4 members (excludes halogenated alkanes) is 1. The van der Waals surface area contributed by atoms with Crippen molar-refractivity contribution in [1.82, 2.24) is 20.2 Å². The van der Waals surface area contributed by atoms with Crippen LogP contribution in [0.3, 0.4) is 0 Å². The first-order valence-corrected chi connectivity index (χ1v) is 8.22. The van der Waals surface area contributed by atoms with Crippen molar-refractivity contribution in [3.05, 3.63) is 16.7 Å². The second kappa shape index (κ2) is 7.80. The number of likely N-dealkylation sites (N-methyl/N-ethyl adjacent to an activating group) is 1. The molecule has 1 atom stereocenters. The average molecular weight is 313 g/mol. The summed E-state index contributed by atoms with van der Waals surface area (Å²) in [5.41, 5.74) is 0.929. The van der Waals surface area contributed by atoms with Crippen LogP contribution in [0.4, 0.5) is 0 Å². The Morgan fingerprint density at radius 2 is 2.33 bits per heavy atom. The van der Waals surface area contributed by atoms with E-state index in [-0.39, 0.29) is 11.9 Å². The highest BCUT2D eigenvalue weighted by Gasteiger charge is 2.28. The van der Waals surface area contributed by atoms with E-state index in [4.69, 9.17) is 11.6 Å². The Hall–Kier alpha value is -1.07. The number of carbonyl (C=O) groups excluding carboxylic acids is 1. The fraction of sp³-hybridized carbons (Fsp3) is 0.733. The molecule has 0 aliphatic carbocycles. The van der Waals surface area contributed by atoms with E-state index in [2.05, 4.69) is 27.1 Å². The maximum atomic E-state index is 12.0. The summed E-state index contributed by atoms with van der Waals surface area (Å²) in [6.45, 7) is 3.75. The molecule has 0 aromatic carbocycles. The molecular formula is C15H25ClN4O. The number of halogens is 1. The van der Waals surface area contributed by atoms with Crippen molar-refractivity contribution in [2.45, 2.75) is 58.0 Å². The van der Waals surface area contributed by atoms with E-state index in [0.717, 1.165) is 56.6 Å². The number of aromatic amines is 1. The number of imidazole rings is 1. The number of piperidine rings is 1. The van der Waals surface area contributed by atoms with Gasteiger partial charge in [0, 0.05) is 20.0 Å². The third-order valence-corrected chi connectivity index (χ3v) is 4.38. The van der Waals surface area contributed by atoms with E-state index in [1.165, 1.54) is 0 Å². The van der Waals surface area contributed by atoms with E-state index >= 15 is 0 Å². The van der Waals surface area contributed by atoms with Gasteiger partial charge in [-0.15, -0.1) is 0 Å². The molecule has 0 spiro atoms. The lowest BCUT2D eigenvalue weighted by atomic mass is 10.0. The molecule has 2 heterocycles. The number of likely N-dealkylation sites (tertiary alicyclic amines) is 1. The third kappa shape index (κ3) is 4.20. The maximum Gasteiger partial charge on any atom is 0.237 e. The molecule has 1 aliphatic heterocycles.